The summed E-state index contributed by atoms with van der Waals surface area (Å²) in [6.07, 6.45) is 0.714. The summed E-state index contributed by atoms with van der Waals surface area (Å²) >= 11 is 11.3. The lowest BCUT2D eigenvalue weighted by Gasteiger charge is -2.12. The van der Waals surface area contributed by atoms with Gasteiger partial charge in [0.2, 0.25) is 0 Å². The molecule has 0 bridgehead atoms. The Bertz CT molecular complexity index is 263. The van der Waals surface area contributed by atoms with Gasteiger partial charge in [0.05, 0.1) is 0 Å². The molecule has 1 atom stereocenters. The highest BCUT2D eigenvalue weighted by Gasteiger charge is 2.13. The molecule has 0 aliphatic carbocycles. The third-order valence-electron chi connectivity index (χ3n) is 1.99. The van der Waals surface area contributed by atoms with Crippen molar-refractivity contribution in [1.82, 2.24) is 0 Å². The van der Waals surface area contributed by atoms with E-state index < -0.39 is 0 Å². The van der Waals surface area contributed by atoms with Crippen molar-refractivity contribution in [3.63, 3.8) is 0 Å². The van der Waals surface area contributed by atoms with E-state index in [0.29, 0.717) is 23.7 Å². The summed E-state index contributed by atoms with van der Waals surface area (Å²) in [6.45, 7) is 0. The molecule has 72 valence electrons. The van der Waals surface area contributed by atoms with Gasteiger partial charge in [-0.3, -0.25) is 0 Å². The zero-order chi connectivity index (χ0) is 9.68. The van der Waals surface area contributed by atoms with Gasteiger partial charge in [-0.15, -0.1) is 23.2 Å². The monoisotopic (exact) mass is 220 g/mol. The van der Waals surface area contributed by atoms with Crippen LogP contribution in [0.4, 0.5) is 4.39 Å². The fourth-order valence-corrected chi connectivity index (χ4v) is 1.84. The number of halogens is 3. The fourth-order valence-electron chi connectivity index (χ4n) is 1.25. The van der Waals surface area contributed by atoms with Crippen LogP contribution >= 0.6 is 23.2 Å². The van der Waals surface area contributed by atoms with E-state index in [1.807, 2.05) is 6.07 Å². The molecule has 0 fully saturated rings. The van der Waals surface area contributed by atoms with Gasteiger partial charge < -0.3 is 0 Å². The van der Waals surface area contributed by atoms with Gasteiger partial charge in [-0.25, -0.2) is 4.39 Å². The number of alkyl halides is 2. The Morgan fingerprint density at radius 1 is 1.23 bits per heavy atom. The Hall–Kier alpha value is -0.270. The number of hydrogen-bond donors (Lipinski definition) is 0. The molecule has 1 rings (SSSR count). The van der Waals surface area contributed by atoms with Crippen molar-refractivity contribution < 1.29 is 4.39 Å². The van der Waals surface area contributed by atoms with E-state index >= 15 is 0 Å². The van der Waals surface area contributed by atoms with E-state index in [9.17, 15) is 4.39 Å². The first kappa shape index (κ1) is 10.8. The van der Waals surface area contributed by atoms with Crippen LogP contribution in [0.1, 0.15) is 17.9 Å². The molecule has 0 radical (unpaired) electrons. The average Bonchev–Trinajstić information content (AvgIpc) is 2.16. The van der Waals surface area contributed by atoms with Gasteiger partial charge in [0.1, 0.15) is 5.82 Å². The first-order chi connectivity index (χ1) is 6.29. The summed E-state index contributed by atoms with van der Waals surface area (Å²) in [5.41, 5.74) is 0.665. The largest absolute Gasteiger partial charge is 0.207 e. The Morgan fingerprint density at radius 2 is 1.92 bits per heavy atom. The molecule has 0 aliphatic rings. The number of benzene rings is 1. The molecular weight excluding hydrogens is 210 g/mol. The van der Waals surface area contributed by atoms with E-state index in [0.717, 1.165) is 0 Å². The molecule has 3 heteroatoms. The molecule has 0 saturated carbocycles. The van der Waals surface area contributed by atoms with Crippen LogP contribution in [0.3, 0.4) is 0 Å². The highest BCUT2D eigenvalue weighted by atomic mass is 35.5. The van der Waals surface area contributed by atoms with Crippen LogP contribution in [-0.2, 0) is 0 Å². The maximum Gasteiger partial charge on any atom is 0.126 e. The van der Waals surface area contributed by atoms with Crippen molar-refractivity contribution in [1.29, 1.82) is 0 Å². The average molecular weight is 221 g/mol. The van der Waals surface area contributed by atoms with Crippen LogP contribution in [0.25, 0.3) is 0 Å². The minimum absolute atomic E-state index is 0.0281. The predicted molar refractivity (Wildman–Crippen MR) is 55.2 cm³/mol. The summed E-state index contributed by atoms with van der Waals surface area (Å²) < 4.78 is 13.2. The van der Waals surface area contributed by atoms with E-state index in [1.54, 1.807) is 12.1 Å². The topological polar surface area (TPSA) is 0 Å². The summed E-state index contributed by atoms with van der Waals surface area (Å²) in [6, 6.07) is 6.69. The zero-order valence-corrected chi connectivity index (χ0v) is 8.65. The normalized spacial score (nSPS) is 12.8. The molecule has 13 heavy (non-hydrogen) atoms. The van der Waals surface area contributed by atoms with Crippen LogP contribution in [0, 0.1) is 5.82 Å². The second-order valence-electron chi connectivity index (χ2n) is 2.85. The van der Waals surface area contributed by atoms with E-state index in [2.05, 4.69) is 0 Å². The molecular formula is C10H11Cl2F. The Kier molecular flexibility index (Phi) is 4.54. The Morgan fingerprint density at radius 3 is 2.46 bits per heavy atom. The SMILES string of the molecule is Fc1ccccc1C(CCl)CCCl. The van der Waals surface area contributed by atoms with E-state index in [-0.39, 0.29) is 11.7 Å². The first-order valence-corrected chi connectivity index (χ1v) is 5.23. The third-order valence-corrected chi connectivity index (χ3v) is 2.58. The van der Waals surface area contributed by atoms with Crippen LogP contribution in [0.2, 0.25) is 0 Å². The zero-order valence-electron chi connectivity index (χ0n) is 7.14. The van der Waals surface area contributed by atoms with Crippen molar-refractivity contribution >= 4 is 23.2 Å². The van der Waals surface area contributed by atoms with Gasteiger partial charge in [0.15, 0.2) is 0 Å². The van der Waals surface area contributed by atoms with Crippen LogP contribution in [0.5, 0.6) is 0 Å². The second-order valence-corrected chi connectivity index (χ2v) is 3.54. The molecule has 0 saturated heterocycles. The molecule has 0 aliphatic heterocycles. The van der Waals surface area contributed by atoms with Gasteiger partial charge in [-0.1, -0.05) is 18.2 Å². The van der Waals surface area contributed by atoms with Crippen molar-refractivity contribution in [3.8, 4) is 0 Å². The van der Waals surface area contributed by atoms with Crippen molar-refractivity contribution in [2.45, 2.75) is 12.3 Å². The standard InChI is InChI=1S/C10H11Cl2F/c11-6-5-8(7-12)9-3-1-2-4-10(9)13/h1-4,8H,5-7H2. The molecule has 1 aromatic carbocycles. The van der Waals surface area contributed by atoms with Crippen molar-refractivity contribution in [2.24, 2.45) is 0 Å². The lowest BCUT2D eigenvalue weighted by molar-refractivity contribution is 0.586. The first-order valence-electron chi connectivity index (χ1n) is 4.16. The molecule has 1 unspecified atom stereocenters. The predicted octanol–water partition coefficient (Wildman–Crippen LogP) is 3.78. The summed E-state index contributed by atoms with van der Waals surface area (Å²) in [5.74, 6) is 0.748. The Labute approximate surface area is 87.7 Å². The van der Waals surface area contributed by atoms with Gasteiger partial charge >= 0.3 is 0 Å². The smallest absolute Gasteiger partial charge is 0.126 e. The second kappa shape index (κ2) is 5.46. The van der Waals surface area contributed by atoms with Gasteiger partial charge in [0, 0.05) is 17.7 Å². The highest BCUT2D eigenvalue weighted by molar-refractivity contribution is 6.19. The quantitative estimate of drug-likeness (QED) is 0.678. The summed E-state index contributed by atoms with van der Waals surface area (Å²) in [4.78, 5) is 0. The summed E-state index contributed by atoms with van der Waals surface area (Å²) in [5, 5.41) is 0. The van der Waals surface area contributed by atoms with Gasteiger partial charge in [0.25, 0.3) is 0 Å². The molecule has 0 N–H and O–H groups in total. The van der Waals surface area contributed by atoms with E-state index in [4.69, 9.17) is 23.2 Å². The molecule has 1 aromatic rings. The minimum atomic E-state index is -0.196. The molecule has 0 aromatic heterocycles. The molecule has 0 amide bonds. The maximum absolute atomic E-state index is 13.2. The third kappa shape index (κ3) is 2.85. The van der Waals surface area contributed by atoms with Crippen LogP contribution in [-0.4, -0.2) is 11.8 Å². The van der Waals surface area contributed by atoms with E-state index in [1.165, 1.54) is 6.07 Å². The lowest BCUT2D eigenvalue weighted by Crippen LogP contribution is -2.03. The maximum atomic E-state index is 13.2. The van der Waals surface area contributed by atoms with Crippen LogP contribution < -0.4 is 0 Å². The lowest BCUT2D eigenvalue weighted by atomic mass is 9.98. The minimum Gasteiger partial charge on any atom is -0.207 e. The van der Waals surface area contributed by atoms with Crippen molar-refractivity contribution in [3.05, 3.63) is 35.6 Å². The van der Waals surface area contributed by atoms with Gasteiger partial charge in [-0.2, -0.15) is 0 Å². The molecule has 0 spiro atoms. The van der Waals surface area contributed by atoms with Gasteiger partial charge in [-0.05, 0) is 18.1 Å². The van der Waals surface area contributed by atoms with Crippen molar-refractivity contribution in [2.75, 3.05) is 11.8 Å². The Balaban J connectivity index is 2.84. The summed E-state index contributed by atoms with van der Waals surface area (Å²) in [7, 11) is 0. The fraction of sp³-hybridized carbons (Fsp3) is 0.400. The molecule has 0 heterocycles. The highest BCUT2D eigenvalue weighted by Crippen LogP contribution is 2.23. The number of hydrogen-bond acceptors (Lipinski definition) is 0. The van der Waals surface area contributed by atoms with Crippen LogP contribution in [0.15, 0.2) is 24.3 Å². The number of rotatable bonds is 4. The molecule has 0 nitrogen and oxygen atoms in total.